The molecule has 0 fully saturated rings. The fourth-order valence-corrected chi connectivity index (χ4v) is 3.74. The maximum absolute atomic E-state index is 13.2. The van der Waals surface area contributed by atoms with E-state index in [1.807, 2.05) is 19.1 Å². The number of aryl methyl sites for hydroxylation is 1. The zero-order valence-electron chi connectivity index (χ0n) is 15.1. The zero-order chi connectivity index (χ0) is 20.1. The van der Waals surface area contributed by atoms with Gasteiger partial charge in [-0.1, -0.05) is 30.3 Å². The first-order chi connectivity index (χ1) is 13.3. The number of hydrogen-bond acceptors (Lipinski definition) is 3. The van der Waals surface area contributed by atoms with Crippen molar-refractivity contribution in [2.45, 2.75) is 18.4 Å². The van der Waals surface area contributed by atoms with Gasteiger partial charge in [0.15, 0.2) is 0 Å². The first-order valence-electron chi connectivity index (χ1n) is 8.56. The highest BCUT2D eigenvalue weighted by atomic mass is 32.2. The van der Waals surface area contributed by atoms with Gasteiger partial charge in [-0.15, -0.1) is 0 Å². The van der Waals surface area contributed by atoms with E-state index < -0.39 is 10.0 Å². The van der Waals surface area contributed by atoms with E-state index in [0.29, 0.717) is 16.8 Å². The van der Waals surface area contributed by atoms with E-state index >= 15 is 0 Å². The van der Waals surface area contributed by atoms with Crippen molar-refractivity contribution in [1.29, 1.82) is 0 Å². The topological polar surface area (TPSA) is 75.3 Å². The van der Waals surface area contributed by atoms with Crippen molar-refractivity contribution in [1.82, 2.24) is 5.32 Å². The van der Waals surface area contributed by atoms with Crippen LogP contribution in [-0.4, -0.2) is 14.3 Å². The van der Waals surface area contributed by atoms with Gasteiger partial charge in [-0.2, -0.15) is 0 Å². The first kappa shape index (κ1) is 19.6. The van der Waals surface area contributed by atoms with Gasteiger partial charge in [-0.05, 0) is 60.5 Å². The molecule has 1 amide bonds. The van der Waals surface area contributed by atoms with Crippen molar-refractivity contribution in [3.05, 3.63) is 95.3 Å². The number of para-hydroxylation sites is 1. The third kappa shape index (κ3) is 4.75. The van der Waals surface area contributed by atoms with Gasteiger partial charge in [0, 0.05) is 12.1 Å². The number of rotatable bonds is 6. The number of benzene rings is 3. The van der Waals surface area contributed by atoms with Crippen LogP contribution in [0.3, 0.4) is 0 Å². The number of hydrogen-bond donors (Lipinski definition) is 2. The third-order valence-electron chi connectivity index (χ3n) is 4.16. The molecular weight excluding hydrogens is 379 g/mol. The average Bonchev–Trinajstić information content (AvgIpc) is 2.68. The largest absolute Gasteiger partial charge is 0.348 e. The lowest BCUT2D eigenvalue weighted by Crippen LogP contribution is -2.23. The molecule has 0 saturated carbocycles. The summed E-state index contributed by atoms with van der Waals surface area (Å²) in [5.74, 6) is -0.748. The van der Waals surface area contributed by atoms with Gasteiger partial charge in [-0.3, -0.25) is 9.52 Å². The second-order valence-electron chi connectivity index (χ2n) is 6.26. The molecule has 144 valence electrons. The molecule has 3 aromatic rings. The summed E-state index contributed by atoms with van der Waals surface area (Å²) in [5, 5.41) is 2.68. The van der Waals surface area contributed by atoms with Crippen LogP contribution in [0.4, 0.5) is 10.1 Å². The fraction of sp³-hybridized carbons (Fsp3) is 0.0952. The molecule has 0 spiro atoms. The minimum absolute atomic E-state index is 0.0532. The zero-order valence-corrected chi connectivity index (χ0v) is 16.0. The van der Waals surface area contributed by atoms with Gasteiger partial charge in [0.05, 0.1) is 10.6 Å². The van der Waals surface area contributed by atoms with E-state index in [1.165, 1.54) is 36.4 Å². The van der Waals surface area contributed by atoms with Crippen LogP contribution in [0.5, 0.6) is 0 Å². The van der Waals surface area contributed by atoms with Crippen molar-refractivity contribution < 1.29 is 17.6 Å². The highest BCUT2D eigenvalue weighted by molar-refractivity contribution is 7.92. The predicted molar refractivity (Wildman–Crippen MR) is 106 cm³/mol. The molecule has 0 aromatic heterocycles. The fourth-order valence-electron chi connectivity index (χ4n) is 2.61. The number of amides is 1. The first-order valence-corrected chi connectivity index (χ1v) is 10.0. The molecule has 0 unspecified atom stereocenters. The monoisotopic (exact) mass is 398 g/mol. The minimum Gasteiger partial charge on any atom is -0.348 e. The standard InChI is InChI=1S/C21H19FN2O3S/c1-15-5-2-3-8-20(15)24-28(26,27)19-11-9-17(10-12-19)21(25)23-14-16-6-4-7-18(22)13-16/h2-13,24H,14H2,1H3,(H,23,25). The lowest BCUT2D eigenvalue weighted by molar-refractivity contribution is 0.0950. The third-order valence-corrected chi connectivity index (χ3v) is 5.54. The second kappa shape index (κ2) is 8.22. The van der Waals surface area contributed by atoms with Crippen LogP contribution in [0.1, 0.15) is 21.5 Å². The Morgan fingerprint density at radius 1 is 0.964 bits per heavy atom. The van der Waals surface area contributed by atoms with Gasteiger partial charge in [0.2, 0.25) is 0 Å². The summed E-state index contributed by atoms with van der Waals surface area (Å²) in [5.41, 5.74) is 2.25. The van der Waals surface area contributed by atoms with Crippen LogP contribution in [0, 0.1) is 12.7 Å². The molecule has 5 nitrogen and oxygen atoms in total. The van der Waals surface area contributed by atoms with Crippen molar-refractivity contribution in [2.75, 3.05) is 4.72 Å². The maximum Gasteiger partial charge on any atom is 0.261 e. The SMILES string of the molecule is Cc1ccccc1NS(=O)(=O)c1ccc(C(=O)NCc2cccc(F)c2)cc1. The summed E-state index contributed by atoms with van der Waals surface area (Å²) in [7, 11) is -3.76. The average molecular weight is 398 g/mol. The van der Waals surface area contributed by atoms with Gasteiger partial charge in [0.25, 0.3) is 15.9 Å². The van der Waals surface area contributed by atoms with Crippen LogP contribution in [0.25, 0.3) is 0 Å². The van der Waals surface area contributed by atoms with Gasteiger partial charge >= 0.3 is 0 Å². The molecule has 0 heterocycles. The van der Waals surface area contributed by atoms with Crippen molar-refractivity contribution in [3.63, 3.8) is 0 Å². The molecule has 3 rings (SSSR count). The highest BCUT2D eigenvalue weighted by Crippen LogP contribution is 2.19. The van der Waals surface area contributed by atoms with E-state index in [2.05, 4.69) is 10.0 Å². The summed E-state index contributed by atoms with van der Waals surface area (Å²) >= 11 is 0. The molecule has 7 heteroatoms. The molecule has 0 aliphatic carbocycles. The van der Waals surface area contributed by atoms with Crippen LogP contribution >= 0.6 is 0 Å². The molecule has 0 aliphatic heterocycles. The second-order valence-corrected chi connectivity index (χ2v) is 7.94. The Balaban J connectivity index is 1.68. The van der Waals surface area contributed by atoms with Crippen LogP contribution in [-0.2, 0) is 16.6 Å². The summed E-state index contributed by atoms with van der Waals surface area (Å²) in [6.07, 6.45) is 0. The normalized spacial score (nSPS) is 11.1. The van der Waals surface area contributed by atoms with E-state index in [1.54, 1.807) is 24.3 Å². The van der Waals surface area contributed by atoms with Crippen LogP contribution < -0.4 is 10.0 Å². The summed E-state index contributed by atoms with van der Waals surface area (Å²) in [4.78, 5) is 12.3. The Hall–Kier alpha value is -3.19. The molecule has 0 aliphatic rings. The van der Waals surface area contributed by atoms with Gasteiger partial charge in [0.1, 0.15) is 5.82 Å². The smallest absolute Gasteiger partial charge is 0.261 e. The molecule has 0 atom stereocenters. The Morgan fingerprint density at radius 3 is 2.36 bits per heavy atom. The Morgan fingerprint density at radius 2 is 1.68 bits per heavy atom. The lowest BCUT2D eigenvalue weighted by Gasteiger charge is -2.11. The molecule has 0 bridgehead atoms. The molecule has 2 N–H and O–H groups in total. The molecule has 0 radical (unpaired) electrons. The number of carbonyl (C=O) groups is 1. The molecule has 3 aromatic carbocycles. The van der Waals surface area contributed by atoms with E-state index in [0.717, 1.165) is 5.56 Å². The van der Waals surface area contributed by atoms with Crippen molar-refractivity contribution in [2.24, 2.45) is 0 Å². The molecule has 0 saturated heterocycles. The quantitative estimate of drug-likeness (QED) is 0.662. The van der Waals surface area contributed by atoms with Gasteiger partial charge < -0.3 is 5.32 Å². The van der Waals surface area contributed by atoms with Gasteiger partial charge in [-0.25, -0.2) is 12.8 Å². The number of anilines is 1. The molecule has 28 heavy (non-hydrogen) atoms. The predicted octanol–water partition coefficient (Wildman–Crippen LogP) is 3.86. The summed E-state index contributed by atoms with van der Waals surface area (Å²) in [6.45, 7) is 1.98. The van der Waals surface area contributed by atoms with Crippen LogP contribution in [0.15, 0.2) is 77.7 Å². The minimum atomic E-state index is -3.76. The van der Waals surface area contributed by atoms with Crippen molar-refractivity contribution in [3.8, 4) is 0 Å². The Bertz CT molecular complexity index is 1100. The Kier molecular flexibility index (Phi) is 5.75. The van der Waals surface area contributed by atoms with Crippen molar-refractivity contribution >= 4 is 21.6 Å². The number of sulfonamides is 1. The summed E-state index contributed by atoms with van der Waals surface area (Å²) < 4.78 is 40.8. The molecular formula is C21H19FN2O3S. The summed E-state index contributed by atoms with van der Waals surface area (Å²) in [6, 6.07) is 18.6. The number of nitrogens with one attached hydrogen (secondary N) is 2. The Labute approximate surface area is 163 Å². The highest BCUT2D eigenvalue weighted by Gasteiger charge is 2.16. The van der Waals surface area contributed by atoms with E-state index in [4.69, 9.17) is 0 Å². The number of halogens is 1. The van der Waals surface area contributed by atoms with E-state index in [-0.39, 0.29) is 23.2 Å². The maximum atomic E-state index is 13.2. The lowest BCUT2D eigenvalue weighted by atomic mass is 10.2. The van der Waals surface area contributed by atoms with E-state index in [9.17, 15) is 17.6 Å². The van der Waals surface area contributed by atoms with Crippen LogP contribution in [0.2, 0.25) is 0 Å². The number of carbonyl (C=O) groups excluding carboxylic acids is 1.